The topological polar surface area (TPSA) is 66.7 Å². The number of carboxylic acid groups (broad SMARTS) is 1. The third kappa shape index (κ3) is 1.41. The van der Waals surface area contributed by atoms with Crippen LogP contribution in [-0.4, -0.2) is 22.6 Å². The highest BCUT2D eigenvalue weighted by molar-refractivity contribution is 6.45. The molecule has 4 heteroatoms. The Labute approximate surface area is 97.3 Å². The van der Waals surface area contributed by atoms with E-state index in [1.807, 2.05) is 24.3 Å². The number of aliphatic carboxylic acids is 1. The zero-order valence-electron chi connectivity index (χ0n) is 8.93. The van der Waals surface area contributed by atoms with Gasteiger partial charge in [0.15, 0.2) is 5.78 Å². The fourth-order valence-electron chi connectivity index (χ4n) is 2.32. The van der Waals surface area contributed by atoms with Crippen molar-refractivity contribution in [2.45, 2.75) is 12.8 Å². The summed E-state index contributed by atoms with van der Waals surface area (Å²) < 4.78 is 0. The predicted octanol–water partition coefficient (Wildman–Crippen LogP) is 1.45. The summed E-state index contributed by atoms with van der Waals surface area (Å²) >= 11 is 0. The van der Waals surface area contributed by atoms with Crippen LogP contribution >= 0.6 is 0 Å². The maximum atomic E-state index is 12.0. The second-order valence-corrected chi connectivity index (χ2v) is 4.12. The monoisotopic (exact) mass is 227 g/mol. The lowest BCUT2D eigenvalue weighted by atomic mass is 9.97. The number of nitrogens with zero attached hydrogens (tertiary/aromatic N) is 1. The zero-order chi connectivity index (χ0) is 12.0. The Bertz CT molecular complexity index is 611. The predicted molar refractivity (Wildman–Crippen MR) is 61.8 cm³/mol. The second-order valence-electron chi connectivity index (χ2n) is 4.12. The van der Waals surface area contributed by atoms with Crippen LogP contribution in [0, 0.1) is 0 Å². The molecule has 3 rings (SSSR count). The SMILES string of the molecule is O=C(O)C1=NC2=C(C(=O)C1)c1ccccc1C2. The summed E-state index contributed by atoms with van der Waals surface area (Å²) in [5, 5.41) is 8.89. The van der Waals surface area contributed by atoms with E-state index in [4.69, 9.17) is 5.11 Å². The van der Waals surface area contributed by atoms with E-state index in [-0.39, 0.29) is 17.9 Å². The van der Waals surface area contributed by atoms with E-state index in [0.717, 1.165) is 11.1 Å². The van der Waals surface area contributed by atoms with Crippen LogP contribution in [0.25, 0.3) is 5.57 Å². The van der Waals surface area contributed by atoms with Crippen LogP contribution in [0.2, 0.25) is 0 Å². The molecule has 0 spiro atoms. The number of aliphatic imine (C=N–C) groups is 1. The summed E-state index contributed by atoms with van der Waals surface area (Å²) in [5.74, 6) is -1.25. The Kier molecular flexibility index (Phi) is 1.98. The van der Waals surface area contributed by atoms with Gasteiger partial charge < -0.3 is 5.11 Å². The highest BCUT2D eigenvalue weighted by Crippen LogP contribution is 2.36. The van der Waals surface area contributed by atoms with Crippen LogP contribution in [0.15, 0.2) is 35.0 Å². The van der Waals surface area contributed by atoms with Gasteiger partial charge in [-0.3, -0.25) is 4.79 Å². The summed E-state index contributed by atoms with van der Waals surface area (Å²) in [6, 6.07) is 7.61. The number of ketones is 1. The maximum Gasteiger partial charge on any atom is 0.350 e. The molecular weight excluding hydrogens is 218 g/mol. The van der Waals surface area contributed by atoms with Gasteiger partial charge in [0.25, 0.3) is 0 Å². The van der Waals surface area contributed by atoms with Gasteiger partial charge in [0.2, 0.25) is 0 Å². The number of hydrogen-bond donors (Lipinski definition) is 1. The van der Waals surface area contributed by atoms with Crippen molar-refractivity contribution in [1.82, 2.24) is 0 Å². The Morgan fingerprint density at radius 1 is 1.24 bits per heavy atom. The van der Waals surface area contributed by atoms with E-state index < -0.39 is 5.97 Å². The zero-order valence-corrected chi connectivity index (χ0v) is 8.93. The molecule has 0 amide bonds. The molecule has 2 aliphatic rings. The summed E-state index contributed by atoms with van der Waals surface area (Å²) in [6.07, 6.45) is 0.441. The molecule has 0 saturated heterocycles. The number of carbonyl (C=O) groups excluding carboxylic acids is 1. The Balaban J connectivity index is 2.15. The molecule has 1 aromatic carbocycles. The van der Waals surface area contributed by atoms with E-state index in [2.05, 4.69) is 4.99 Å². The quantitative estimate of drug-likeness (QED) is 0.789. The smallest absolute Gasteiger partial charge is 0.350 e. The van der Waals surface area contributed by atoms with Crippen LogP contribution < -0.4 is 0 Å². The minimum absolute atomic E-state index is 0.0541. The first-order chi connectivity index (χ1) is 8.16. The third-order valence-corrected chi connectivity index (χ3v) is 3.06. The summed E-state index contributed by atoms with van der Waals surface area (Å²) in [6.45, 7) is 0. The van der Waals surface area contributed by atoms with Crippen molar-refractivity contribution in [3.8, 4) is 0 Å². The minimum atomic E-state index is -1.11. The Morgan fingerprint density at radius 2 is 2.00 bits per heavy atom. The van der Waals surface area contributed by atoms with Crippen molar-refractivity contribution in [2.24, 2.45) is 4.99 Å². The number of rotatable bonds is 1. The van der Waals surface area contributed by atoms with Crippen LogP contribution in [0.1, 0.15) is 17.5 Å². The normalized spacial score (nSPS) is 17.6. The number of benzene rings is 1. The molecule has 0 bridgehead atoms. The van der Waals surface area contributed by atoms with Gasteiger partial charge in [-0.2, -0.15) is 0 Å². The van der Waals surface area contributed by atoms with Crippen molar-refractivity contribution < 1.29 is 14.7 Å². The maximum absolute atomic E-state index is 12.0. The van der Waals surface area contributed by atoms with E-state index in [1.165, 1.54) is 0 Å². The lowest BCUT2D eigenvalue weighted by Gasteiger charge is -2.10. The lowest BCUT2D eigenvalue weighted by molar-refractivity contribution is -0.130. The highest BCUT2D eigenvalue weighted by Gasteiger charge is 2.32. The Hall–Kier alpha value is -2.23. The van der Waals surface area contributed by atoms with Gasteiger partial charge in [-0.25, -0.2) is 9.79 Å². The standard InChI is InChI=1S/C13H9NO3/c15-11-6-10(13(16)17)14-9-5-7-3-1-2-4-8(7)12(9)11/h1-4H,5-6H2,(H,16,17). The molecule has 0 unspecified atom stereocenters. The van der Waals surface area contributed by atoms with E-state index >= 15 is 0 Å². The molecule has 1 N–H and O–H groups in total. The average molecular weight is 227 g/mol. The molecule has 0 aromatic heterocycles. The number of Topliss-reactive ketones (excluding diaryl/α,β-unsaturated/α-hetero) is 1. The van der Waals surface area contributed by atoms with Gasteiger partial charge in [-0.1, -0.05) is 24.3 Å². The molecule has 1 aliphatic heterocycles. The van der Waals surface area contributed by atoms with Crippen molar-refractivity contribution in [1.29, 1.82) is 0 Å². The summed E-state index contributed by atoms with van der Waals surface area (Å²) in [7, 11) is 0. The Morgan fingerprint density at radius 3 is 2.76 bits per heavy atom. The van der Waals surface area contributed by atoms with Gasteiger partial charge in [0.1, 0.15) is 5.71 Å². The van der Waals surface area contributed by atoms with E-state index in [1.54, 1.807) is 0 Å². The summed E-state index contributed by atoms with van der Waals surface area (Å²) in [5.41, 5.74) is 3.09. The molecule has 0 saturated carbocycles. The first kappa shape index (κ1) is 9.96. The van der Waals surface area contributed by atoms with Crippen LogP contribution in [-0.2, 0) is 16.0 Å². The van der Waals surface area contributed by atoms with Gasteiger partial charge in [-0.05, 0) is 11.1 Å². The third-order valence-electron chi connectivity index (χ3n) is 3.06. The minimum Gasteiger partial charge on any atom is -0.477 e. The molecule has 17 heavy (non-hydrogen) atoms. The molecule has 1 aliphatic carbocycles. The van der Waals surface area contributed by atoms with Gasteiger partial charge >= 0.3 is 5.97 Å². The van der Waals surface area contributed by atoms with Crippen LogP contribution in [0.4, 0.5) is 0 Å². The first-order valence-electron chi connectivity index (χ1n) is 5.32. The largest absolute Gasteiger partial charge is 0.477 e. The van der Waals surface area contributed by atoms with Crippen molar-refractivity contribution in [3.63, 3.8) is 0 Å². The molecule has 84 valence electrons. The lowest BCUT2D eigenvalue weighted by Crippen LogP contribution is -2.22. The van der Waals surface area contributed by atoms with Crippen molar-refractivity contribution in [3.05, 3.63) is 41.1 Å². The molecule has 1 heterocycles. The number of fused-ring (bicyclic) bond motifs is 2. The van der Waals surface area contributed by atoms with Crippen molar-refractivity contribution >= 4 is 23.0 Å². The molecular formula is C13H9NO3. The van der Waals surface area contributed by atoms with Crippen molar-refractivity contribution in [2.75, 3.05) is 0 Å². The molecule has 0 atom stereocenters. The highest BCUT2D eigenvalue weighted by atomic mass is 16.4. The van der Waals surface area contributed by atoms with Gasteiger partial charge in [0.05, 0.1) is 12.1 Å². The fraction of sp³-hybridized carbons (Fsp3) is 0.154. The second kappa shape index (κ2) is 3.38. The van der Waals surface area contributed by atoms with E-state index in [0.29, 0.717) is 17.7 Å². The average Bonchev–Trinajstić information content (AvgIpc) is 2.67. The van der Waals surface area contributed by atoms with Crippen LogP contribution in [0.3, 0.4) is 0 Å². The molecule has 1 aromatic rings. The molecule has 0 radical (unpaired) electrons. The molecule has 0 fully saturated rings. The first-order valence-corrected chi connectivity index (χ1v) is 5.32. The van der Waals surface area contributed by atoms with Gasteiger partial charge in [-0.15, -0.1) is 0 Å². The number of hydrogen-bond acceptors (Lipinski definition) is 3. The van der Waals surface area contributed by atoms with Gasteiger partial charge in [0, 0.05) is 12.0 Å². The summed E-state index contributed by atoms with van der Waals surface area (Å²) in [4.78, 5) is 26.9. The number of allylic oxidation sites excluding steroid dienone is 2. The number of carbonyl (C=O) groups is 2. The van der Waals surface area contributed by atoms with E-state index in [9.17, 15) is 9.59 Å². The number of carboxylic acids is 1. The molecule has 4 nitrogen and oxygen atoms in total. The van der Waals surface area contributed by atoms with Crippen LogP contribution in [0.5, 0.6) is 0 Å². The fourth-order valence-corrected chi connectivity index (χ4v) is 2.32.